The predicted octanol–water partition coefficient (Wildman–Crippen LogP) is 0.932. The lowest BCUT2D eigenvalue weighted by molar-refractivity contribution is 0.101. The highest BCUT2D eigenvalue weighted by Gasteiger charge is 2.00. The number of fused-ring (bicyclic) bond motifs is 1. The quantitative estimate of drug-likeness (QED) is 0.584. The number of hydrogen-bond acceptors (Lipinski definition) is 3. The molecule has 0 spiro atoms. The maximum absolute atomic E-state index is 10.9. The van der Waals surface area contributed by atoms with Crippen molar-refractivity contribution in [2.75, 3.05) is 0 Å². The van der Waals surface area contributed by atoms with Crippen molar-refractivity contribution in [2.24, 2.45) is 0 Å². The van der Waals surface area contributed by atoms with Gasteiger partial charge in [-0.2, -0.15) is 0 Å². The Kier molecular flexibility index (Phi) is 1.40. The zero-order chi connectivity index (χ0) is 8.55. The van der Waals surface area contributed by atoms with Gasteiger partial charge >= 0.3 is 0 Å². The molecular weight excluding hydrogens is 154 g/mol. The molecule has 0 amide bonds. The molecule has 4 heteroatoms. The third-order valence-corrected chi connectivity index (χ3v) is 1.67. The summed E-state index contributed by atoms with van der Waals surface area (Å²) in [6.07, 6.45) is 6.54. The first kappa shape index (κ1) is 6.97. The number of rotatable bonds is 1. The Morgan fingerprint density at radius 1 is 1.50 bits per heavy atom. The Hall–Kier alpha value is -1.71. The number of ketones is 1. The lowest BCUT2D eigenvalue weighted by Gasteiger charge is -1.95. The van der Waals surface area contributed by atoms with Gasteiger partial charge in [0.25, 0.3) is 0 Å². The van der Waals surface area contributed by atoms with Crippen LogP contribution in [0.4, 0.5) is 0 Å². The zero-order valence-corrected chi connectivity index (χ0v) is 6.56. The molecular formula is C8H7N3O. The number of nitrogens with zero attached hydrogens (tertiary/aromatic N) is 3. The van der Waals surface area contributed by atoms with E-state index < -0.39 is 0 Å². The molecule has 0 aliphatic carbocycles. The van der Waals surface area contributed by atoms with E-state index in [1.165, 1.54) is 6.92 Å². The predicted molar refractivity (Wildman–Crippen MR) is 43.0 cm³/mol. The van der Waals surface area contributed by atoms with Gasteiger partial charge in [-0.1, -0.05) is 0 Å². The Bertz CT molecular complexity index is 433. The molecule has 0 saturated carbocycles. The summed E-state index contributed by atoms with van der Waals surface area (Å²) in [6.45, 7) is 1.51. The molecule has 0 N–H and O–H groups in total. The summed E-state index contributed by atoms with van der Waals surface area (Å²) < 4.78 is 1.72. The van der Waals surface area contributed by atoms with E-state index in [1.54, 1.807) is 29.3 Å². The van der Waals surface area contributed by atoms with Crippen LogP contribution < -0.4 is 0 Å². The maximum Gasteiger partial charge on any atom is 0.162 e. The maximum atomic E-state index is 10.9. The summed E-state index contributed by atoms with van der Waals surface area (Å²) in [4.78, 5) is 18.9. The van der Waals surface area contributed by atoms with Gasteiger partial charge in [0.2, 0.25) is 0 Å². The molecule has 2 aromatic rings. The summed E-state index contributed by atoms with van der Waals surface area (Å²) in [5, 5.41) is 0. The Balaban J connectivity index is 2.68. The van der Waals surface area contributed by atoms with E-state index in [-0.39, 0.29) is 5.78 Å². The molecule has 0 unspecified atom stereocenters. The van der Waals surface area contributed by atoms with Crippen molar-refractivity contribution in [3.8, 4) is 0 Å². The molecule has 0 bridgehead atoms. The van der Waals surface area contributed by atoms with Crippen molar-refractivity contribution in [3.05, 3.63) is 30.5 Å². The molecule has 2 aromatic heterocycles. The van der Waals surface area contributed by atoms with Crippen LogP contribution in [-0.2, 0) is 0 Å². The highest BCUT2D eigenvalue weighted by molar-refractivity contribution is 5.93. The SMILES string of the molecule is CC(=O)c1cnc2cncn2c1. The van der Waals surface area contributed by atoms with Gasteiger partial charge in [0.1, 0.15) is 6.33 Å². The van der Waals surface area contributed by atoms with Gasteiger partial charge in [0, 0.05) is 12.4 Å². The van der Waals surface area contributed by atoms with E-state index in [1.807, 2.05) is 0 Å². The largest absolute Gasteiger partial charge is 0.294 e. The Labute approximate surface area is 68.9 Å². The summed E-state index contributed by atoms with van der Waals surface area (Å²) in [6, 6.07) is 0. The first-order valence-corrected chi connectivity index (χ1v) is 3.56. The zero-order valence-electron chi connectivity index (χ0n) is 6.56. The number of carbonyl (C=O) groups excluding carboxylic acids is 1. The molecule has 0 atom stereocenters. The van der Waals surface area contributed by atoms with E-state index in [0.717, 1.165) is 5.65 Å². The van der Waals surface area contributed by atoms with Gasteiger partial charge in [0.05, 0.1) is 11.8 Å². The van der Waals surface area contributed by atoms with Crippen LogP contribution >= 0.6 is 0 Å². The van der Waals surface area contributed by atoms with Gasteiger partial charge in [-0.25, -0.2) is 9.97 Å². The minimum Gasteiger partial charge on any atom is -0.294 e. The fraction of sp³-hybridized carbons (Fsp3) is 0.125. The third-order valence-electron chi connectivity index (χ3n) is 1.67. The Morgan fingerprint density at radius 3 is 3.08 bits per heavy atom. The first-order valence-electron chi connectivity index (χ1n) is 3.56. The van der Waals surface area contributed by atoms with Crippen molar-refractivity contribution in [2.45, 2.75) is 6.92 Å². The lowest BCUT2D eigenvalue weighted by atomic mass is 10.2. The number of Topliss-reactive ketones (excluding diaryl/α,β-unsaturated/α-hetero) is 1. The molecule has 2 heterocycles. The minimum atomic E-state index is 0.0121. The second-order valence-corrected chi connectivity index (χ2v) is 2.56. The summed E-state index contributed by atoms with van der Waals surface area (Å²) >= 11 is 0. The Morgan fingerprint density at radius 2 is 2.33 bits per heavy atom. The average Bonchev–Trinajstić information content (AvgIpc) is 2.49. The van der Waals surface area contributed by atoms with Crippen LogP contribution in [0.1, 0.15) is 17.3 Å². The van der Waals surface area contributed by atoms with Crippen molar-refractivity contribution >= 4 is 11.4 Å². The molecule has 0 aromatic carbocycles. The number of carbonyl (C=O) groups is 1. The van der Waals surface area contributed by atoms with Crippen LogP contribution in [0.2, 0.25) is 0 Å². The molecule has 4 nitrogen and oxygen atoms in total. The van der Waals surface area contributed by atoms with Crippen molar-refractivity contribution in [1.29, 1.82) is 0 Å². The molecule has 0 saturated heterocycles. The molecule has 12 heavy (non-hydrogen) atoms. The summed E-state index contributed by atoms with van der Waals surface area (Å²) in [5.41, 5.74) is 1.35. The van der Waals surface area contributed by atoms with E-state index in [9.17, 15) is 4.79 Å². The molecule has 0 aliphatic heterocycles. The summed E-state index contributed by atoms with van der Waals surface area (Å²) in [5.74, 6) is 0.0121. The van der Waals surface area contributed by atoms with E-state index in [2.05, 4.69) is 9.97 Å². The van der Waals surface area contributed by atoms with Gasteiger partial charge in [-0.05, 0) is 6.92 Å². The number of imidazole rings is 1. The van der Waals surface area contributed by atoms with Crippen LogP contribution in [0.25, 0.3) is 5.65 Å². The highest BCUT2D eigenvalue weighted by atomic mass is 16.1. The van der Waals surface area contributed by atoms with Crippen LogP contribution in [0, 0.1) is 0 Å². The smallest absolute Gasteiger partial charge is 0.162 e. The van der Waals surface area contributed by atoms with E-state index in [0.29, 0.717) is 5.56 Å². The van der Waals surface area contributed by atoms with E-state index in [4.69, 9.17) is 0 Å². The van der Waals surface area contributed by atoms with Crippen molar-refractivity contribution < 1.29 is 4.79 Å². The molecule has 0 fully saturated rings. The van der Waals surface area contributed by atoms with Gasteiger partial charge in [-0.3, -0.25) is 9.20 Å². The third kappa shape index (κ3) is 0.972. The summed E-state index contributed by atoms with van der Waals surface area (Å²) in [7, 11) is 0. The van der Waals surface area contributed by atoms with Gasteiger partial charge < -0.3 is 0 Å². The van der Waals surface area contributed by atoms with Gasteiger partial charge in [0.15, 0.2) is 11.4 Å². The minimum absolute atomic E-state index is 0.0121. The molecule has 0 radical (unpaired) electrons. The normalized spacial score (nSPS) is 10.4. The van der Waals surface area contributed by atoms with Crippen LogP contribution in [0.3, 0.4) is 0 Å². The fourth-order valence-corrected chi connectivity index (χ4v) is 0.998. The highest BCUT2D eigenvalue weighted by Crippen LogP contribution is 2.01. The average molecular weight is 161 g/mol. The fourth-order valence-electron chi connectivity index (χ4n) is 0.998. The second-order valence-electron chi connectivity index (χ2n) is 2.56. The second kappa shape index (κ2) is 2.41. The lowest BCUT2D eigenvalue weighted by Crippen LogP contribution is -1.96. The number of aromatic nitrogens is 3. The van der Waals surface area contributed by atoms with Gasteiger partial charge in [-0.15, -0.1) is 0 Å². The monoisotopic (exact) mass is 161 g/mol. The standard InChI is InChI=1S/C8H7N3O/c1-6(12)7-2-10-8-3-9-5-11(8)4-7/h2-5H,1H3. The van der Waals surface area contributed by atoms with E-state index >= 15 is 0 Å². The van der Waals surface area contributed by atoms with Crippen molar-refractivity contribution in [1.82, 2.24) is 14.4 Å². The molecule has 60 valence electrons. The number of hydrogen-bond donors (Lipinski definition) is 0. The molecule has 2 rings (SSSR count). The molecule has 0 aliphatic rings. The topological polar surface area (TPSA) is 47.3 Å². The van der Waals surface area contributed by atoms with Crippen LogP contribution in [0.15, 0.2) is 24.9 Å². The van der Waals surface area contributed by atoms with Crippen molar-refractivity contribution in [3.63, 3.8) is 0 Å². The first-order chi connectivity index (χ1) is 5.77. The van der Waals surface area contributed by atoms with Crippen LogP contribution in [0.5, 0.6) is 0 Å². The van der Waals surface area contributed by atoms with Crippen LogP contribution in [-0.4, -0.2) is 20.2 Å².